The summed E-state index contributed by atoms with van der Waals surface area (Å²) in [5.41, 5.74) is 6.87. The maximum Gasteiger partial charge on any atom is 0.127 e. The normalized spacial score (nSPS) is 13.0. The van der Waals surface area contributed by atoms with Crippen LogP contribution in [0, 0.1) is 6.92 Å². The van der Waals surface area contributed by atoms with Crippen LogP contribution < -0.4 is 14.2 Å². The summed E-state index contributed by atoms with van der Waals surface area (Å²) < 4.78 is 16.9. The third-order valence-corrected chi connectivity index (χ3v) is 4.88. The fraction of sp³-hybridized carbons (Fsp3) is 0.167. The number of methoxy groups -OCH3 is 2. The summed E-state index contributed by atoms with van der Waals surface area (Å²) in [4.78, 5) is 0. The van der Waals surface area contributed by atoms with Gasteiger partial charge >= 0.3 is 0 Å². The summed E-state index contributed by atoms with van der Waals surface area (Å²) in [6, 6.07) is 22.7. The smallest absolute Gasteiger partial charge is 0.127 e. The largest absolute Gasteiger partial charge is 0.497 e. The molecule has 0 aromatic heterocycles. The highest BCUT2D eigenvalue weighted by molar-refractivity contribution is 6.01. The van der Waals surface area contributed by atoms with E-state index in [0.717, 1.165) is 39.5 Å². The molecule has 0 atom stereocenters. The van der Waals surface area contributed by atoms with E-state index >= 15 is 0 Å². The van der Waals surface area contributed by atoms with Crippen LogP contribution in [0.2, 0.25) is 0 Å². The van der Waals surface area contributed by atoms with Gasteiger partial charge in [0.2, 0.25) is 0 Å². The molecule has 27 heavy (non-hydrogen) atoms. The van der Waals surface area contributed by atoms with Crippen LogP contribution in [0.3, 0.4) is 0 Å². The number of hydrogen-bond donors (Lipinski definition) is 0. The Morgan fingerprint density at radius 1 is 0.778 bits per heavy atom. The minimum atomic E-state index is 0.523. The summed E-state index contributed by atoms with van der Waals surface area (Å²) in [6.07, 6.45) is 0. The van der Waals surface area contributed by atoms with E-state index in [1.165, 1.54) is 11.1 Å². The average Bonchev–Trinajstić information content (AvgIpc) is 2.73. The zero-order chi connectivity index (χ0) is 18.8. The van der Waals surface area contributed by atoms with Crippen LogP contribution in [0.25, 0.3) is 11.1 Å². The van der Waals surface area contributed by atoms with E-state index < -0.39 is 0 Å². The Labute approximate surface area is 159 Å². The predicted octanol–water partition coefficient (Wildman–Crippen LogP) is 5.36. The molecule has 0 amide bonds. The SMILES string of the molecule is COc1ccc(C2=C(c3cccc(OC)c3)c3ccc(C)cc3OC2)cc1. The maximum absolute atomic E-state index is 6.12. The first-order valence-corrected chi connectivity index (χ1v) is 8.95. The summed E-state index contributed by atoms with van der Waals surface area (Å²) >= 11 is 0. The summed E-state index contributed by atoms with van der Waals surface area (Å²) in [5, 5.41) is 0. The molecule has 0 N–H and O–H groups in total. The van der Waals surface area contributed by atoms with Gasteiger partial charge in [0.15, 0.2) is 0 Å². The maximum atomic E-state index is 6.12. The quantitative estimate of drug-likeness (QED) is 0.628. The van der Waals surface area contributed by atoms with E-state index in [-0.39, 0.29) is 0 Å². The first-order valence-electron chi connectivity index (χ1n) is 8.95. The van der Waals surface area contributed by atoms with Crippen LogP contribution in [0.15, 0.2) is 66.7 Å². The van der Waals surface area contributed by atoms with Gasteiger partial charge in [0.1, 0.15) is 23.9 Å². The summed E-state index contributed by atoms with van der Waals surface area (Å²) in [5.74, 6) is 2.61. The van der Waals surface area contributed by atoms with Gasteiger partial charge in [-0.25, -0.2) is 0 Å². The van der Waals surface area contributed by atoms with Gasteiger partial charge in [-0.15, -0.1) is 0 Å². The van der Waals surface area contributed by atoms with Gasteiger partial charge in [-0.05, 0) is 59.5 Å². The topological polar surface area (TPSA) is 27.7 Å². The monoisotopic (exact) mass is 358 g/mol. The third kappa shape index (κ3) is 3.28. The molecule has 136 valence electrons. The Balaban J connectivity index is 1.94. The molecule has 3 aromatic carbocycles. The van der Waals surface area contributed by atoms with Gasteiger partial charge < -0.3 is 14.2 Å². The lowest BCUT2D eigenvalue weighted by Gasteiger charge is -2.25. The standard InChI is InChI=1S/C24H22O3/c1-16-7-12-21-23(13-16)27-15-22(17-8-10-19(25-2)11-9-17)24(21)18-5-4-6-20(14-18)26-3/h4-14H,15H2,1-3H3. The van der Waals surface area contributed by atoms with Crippen molar-refractivity contribution in [2.75, 3.05) is 20.8 Å². The Morgan fingerprint density at radius 3 is 2.30 bits per heavy atom. The molecule has 3 heteroatoms. The summed E-state index contributed by atoms with van der Waals surface area (Å²) in [6.45, 7) is 2.60. The molecule has 3 aromatic rings. The lowest BCUT2D eigenvalue weighted by molar-refractivity contribution is 0.364. The molecule has 0 aliphatic carbocycles. The highest BCUT2D eigenvalue weighted by atomic mass is 16.5. The minimum Gasteiger partial charge on any atom is -0.497 e. The Hall–Kier alpha value is -3.20. The molecule has 1 aliphatic rings. The van der Waals surface area contributed by atoms with Crippen molar-refractivity contribution in [2.45, 2.75) is 6.92 Å². The van der Waals surface area contributed by atoms with Crippen LogP contribution in [-0.4, -0.2) is 20.8 Å². The predicted molar refractivity (Wildman–Crippen MR) is 109 cm³/mol. The van der Waals surface area contributed by atoms with Crippen molar-refractivity contribution >= 4 is 11.1 Å². The van der Waals surface area contributed by atoms with Gasteiger partial charge in [0.25, 0.3) is 0 Å². The molecular weight excluding hydrogens is 336 g/mol. The number of aryl methyl sites for hydroxylation is 1. The molecule has 4 rings (SSSR count). The number of rotatable bonds is 4. The lowest BCUT2D eigenvalue weighted by atomic mass is 9.87. The Kier molecular flexibility index (Phi) is 4.59. The highest BCUT2D eigenvalue weighted by Gasteiger charge is 2.23. The second kappa shape index (κ2) is 7.20. The van der Waals surface area contributed by atoms with Crippen LogP contribution in [-0.2, 0) is 0 Å². The molecule has 0 radical (unpaired) electrons. The average molecular weight is 358 g/mol. The van der Waals surface area contributed by atoms with Crippen molar-refractivity contribution in [1.82, 2.24) is 0 Å². The molecular formula is C24H22O3. The van der Waals surface area contributed by atoms with Crippen molar-refractivity contribution in [3.63, 3.8) is 0 Å². The third-order valence-electron chi connectivity index (χ3n) is 4.88. The second-order valence-electron chi connectivity index (χ2n) is 6.60. The van der Waals surface area contributed by atoms with E-state index in [1.807, 2.05) is 24.3 Å². The van der Waals surface area contributed by atoms with E-state index in [4.69, 9.17) is 14.2 Å². The van der Waals surface area contributed by atoms with E-state index in [9.17, 15) is 0 Å². The lowest BCUT2D eigenvalue weighted by Crippen LogP contribution is -2.12. The van der Waals surface area contributed by atoms with E-state index in [2.05, 4.69) is 49.4 Å². The van der Waals surface area contributed by atoms with Crippen molar-refractivity contribution in [3.05, 3.63) is 89.0 Å². The molecule has 1 aliphatic heterocycles. The van der Waals surface area contributed by atoms with Crippen molar-refractivity contribution in [2.24, 2.45) is 0 Å². The highest BCUT2D eigenvalue weighted by Crippen LogP contribution is 2.42. The molecule has 0 spiro atoms. The zero-order valence-electron chi connectivity index (χ0n) is 15.8. The number of ether oxygens (including phenoxy) is 3. The van der Waals surface area contributed by atoms with Crippen LogP contribution >= 0.6 is 0 Å². The van der Waals surface area contributed by atoms with Gasteiger partial charge in [-0.3, -0.25) is 0 Å². The zero-order valence-corrected chi connectivity index (χ0v) is 15.8. The van der Waals surface area contributed by atoms with Crippen molar-refractivity contribution in [3.8, 4) is 17.2 Å². The van der Waals surface area contributed by atoms with E-state index in [0.29, 0.717) is 6.61 Å². The molecule has 0 fully saturated rings. The Morgan fingerprint density at radius 2 is 1.56 bits per heavy atom. The minimum absolute atomic E-state index is 0.523. The molecule has 3 nitrogen and oxygen atoms in total. The molecule has 0 saturated heterocycles. The molecule has 0 unspecified atom stereocenters. The van der Waals surface area contributed by atoms with Crippen LogP contribution in [0.4, 0.5) is 0 Å². The van der Waals surface area contributed by atoms with Gasteiger partial charge in [0.05, 0.1) is 14.2 Å². The molecule has 0 saturated carbocycles. The summed E-state index contributed by atoms with van der Waals surface area (Å²) in [7, 11) is 3.37. The number of fused-ring (bicyclic) bond motifs is 1. The van der Waals surface area contributed by atoms with Gasteiger partial charge in [-0.2, -0.15) is 0 Å². The van der Waals surface area contributed by atoms with Gasteiger partial charge in [0, 0.05) is 11.1 Å². The second-order valence-corrected chi connectivity index (χ2v) is 6.60. The van der Waals surface area contributed by atoms with Crippen molar-refractivity contribution in [1.29, 1.82) is 0 Å². The Bertz CT molecular complexity index is 1000. The van der Waals surface area contributed by atoms with E-state index in [1.54, 1.807) is 14.2 Å². The first-order chi connectivity index (χ1) is 13.2. The fourth-order valence-corrected chi connectivity index (χ4v) is 3.47. The number of benzene rings is 3. The van der Waals surface area contributed by atoms with Crippen LogP contribution in [0.5, 0.6) is 17.2 Å². The van der Waals surface area contributed by atoms with Gasteiger partial charge in [-0.1, -0.05) is 36.4 Å². The van der Waals surface area contributed by atoms with Crippen molar-refractivity contribution < 1.29 is 14.2 Å². The number of hydrogen-bond acceptors (Lipinski definition) is 3. The molecule has 0 bridgehead atoms. The molecule has 1 heterocycles. The van der Waals surface area contributed by atoms with Crippen LogP contribution in [0.1, 0.15) is 22.3 Å². The fourth-order valence-electron chi connectivity index (χ4n) is 3.47. The first kappa shape index (κ1) is 17.2.